The zero-order chi connectivity index (χ0) is 26.0. The van der Waals surface area contributed by atoms with E-state index in [1.165, 1.54) is 16.8 Å². The number of nitrogens with one attached hydrogen (secondary N) is 1. The molecule has 196 valence electrons. The summed E-state index contributed by atoms with van der Waals surface area (Å²) in [7, 11) is 0.448. The van der Waals surface area contributed by atoms with Crippen molar-refractivity contribution in [2.75, 3.05) is 20.8 Å². The van der Waals surface area contributed by atoms with Gasteiger partial charge in [-0.25, -0.2) is 9.46 Å². The molecule has 1 N–H and O–H groups in total. The summed E-state index contributed by atoms with van der Waals surface area (Å²) < 4.78 is 32.9. The number of ether oxygens (including phenoxy) is 1. The lowest BCUT2D eigenvalue weighted by atomic mass is 10.0. The molecule has 0 spiro atoms. The van der Waals surface area contributed by atoms with Gasteiger partial charge in [0.1, 0.15) is 6.23 Å². The van der Waals surface area contributed by atoms with Gasteiger partial charge in [-0.3, -0.25) is 14.3 Å². The molecule has 0 aliphatic carbocycles. The highest BCUT2D eigenvalue weighted by atomic mass is 31.2. The van der Waals surface area contributed by atoms with Gasteiger partial charge in [0, 0.05) is 51.4 Å². The summed E-state index contributed by atoms with van der Waals surface area (Å²) in [6, 6.07) is 3.70. The van der Waals surface area contributed by atoms with Crippen molar-refractivity contribution in [2.45, 2.75) is 77.5 Å². The van der Waals surface area contributed by atoms with Crippen LogP contribution in [0.2, 0.25) is 0 Å². The third kappa shape index (κ3) is 9.16. The van der Waals surface area contributed by atoms with E-state index >= 15 is 0 Å². The molecule has 1 fully saturated rings. The summed E-state index contributed by atoms with van der Waals surface area (Å²) in [6.07, 6.45) is 3.06. The number of H-pyrrole nitrogens is 1. The topological polar surface area (TPSA) is 128 Å². The number of hydrogen-bond donors (Lipinski definition) is 1. The highest BCUT2D eigenvalue weighted by Crippen LogP contribution is 2.49. The summed E-state index contributed by atoms with van der Waals surface area (Å²) in [4.78, 5) is 26.3. The smallest absolute Gasteiger partial charge is 0.330 e. The molecule has 1 aromatic rings. The van der Waals surface area contributed by atoms with E-state index in [1.807, 2.05) is 6.08 Å². The Bertz CT molecular complexity index is 950. The maximum atomic E-state index is 12.5. The fourth-order valence-corrected chi connectivity index (χ4v) is 6.18. The number of nitriles is 1. The standard InChI is InChI=1S/C22H36N4O7P2/c1-16(2)26(17(3)4)35(31-12-7-10-23)33-19-14-18(9-13-34(29-5)30-6)32-21(15-19)25-11-8-20(27)24-22(25)28/h8-9,11,13,16-19,21H,7,12,14-15H2,1-6H3,(H,24,27,28)/b13-9+. The van der Waals surface area contributed by atoms with Crippen LogP contribution in [0.4, 0.5) is 0 Å². The highest BCUT2D eigenvalue weighted by molar-refractivity contribution is 7.50. The fraction of sp³-hybridized carbons (Fsp3) is 0.682. The van der Waals surface area contributed by atoms with E-state index in [1.54, 1.807) is 20.0 Å². The number of aromatic amines is 1. The minimum absolute atomic E-state index is 0.156. The van der Waals surface area contributed by atoms with Gasteiger partial charge in [0.15, 0.2) is 8.38 Å². The van der Waals surface area contributed by atoms with Crippen molar-refractivity contribution in [3.63, 3.8) is 0 Å². The molecular formula is C22H36N4O7P2. The predicted octanol–water partition coefficient (Wildman–Crippen LogP) is 3.99. The van der Waals surface area contributed by atoms with Crippen LogP contribution in [0.15, 0.2) is 33.7 Å². The van der Waals surface area contributed by atoms with Crippen LogP contribution in [-0.2, 0) is 22.8 Å². The second-order valence-electron chi connectivity index (χ2n) is 8.38. The molecule has 1 aliphatic heterocycles. The van der Waals surface area contributed by atoms with E-state index in [4.69, 9.17) is 28.1 Å². The van der Waals surface area contributed by atoms with Gasteiger partial charge in [0.25, 0.3) is 14.1 Å². The average Bonchev–Trinajstić information content (AvgIpc) is 2.79. The summed E-state index contributed by atoms with van der Waals surface area (Å²) in [6.45, 7) is 8.55. The molecule has 4 unspecified atom stereocenters. The fourth-order valence-electron chi connectivity index (χ4n) is 3.72. The van der Waals surface area contributed by atoms with Gasteiger partial charge in [0.05, 0.1) is 31.3 Å². The number of rotatable bonds is 13. The lowest BCUT2D eigenvalue weighted by molar-refractivity contribution is -0.108. The molecule has 2 rings (SSSR count). The van der Waals surface area contributed by atoms with Crippen molar-refractivity contribution in [3.8, 4) is 6.07 Å². The highest BCUT2D eigenvalue weighted by Gasteiger charge is 2.36. The maximum absolute atomic E-state index is 12.5. The largest absolute Gasteiger partial charge is 0.350 e. The first-order valence-electron chi connectivity index (χ1n) is 11.5. The summed E-state index contributed by atoms with van der Waals surface area (Å²) in [5.41, 5.74) is -1.03. The Balaban J connectivity index is 2.33. The van der Waals surface area contributed by atoms with Gasteiger partial charge in [-0.1, -0.05) is 6.08 Å². The van der Waals surface area contributed by atoms with Gasteiger partial charge < -0.3 is 22.8 Å². The molecule has 0 saturated carbocycles. The normalized spacial score (nSPS) is 21.9. The van der Waals surface area contributed by atoms with Crippen molar-refractivity contribution in [2.24, 2.45) is 0 Å². The van der Waals surface area contributed by atoms with E-state index in [9.17, 15) is 9.59 Å². The monoisotopic (exact) mass is 530 g/mol. The Morgan fingerprint density at radius 1 is 1.26 bits per heavy atom. The zero-order valence-electron chi connectivity index (χ0n) is 21.1. The van der Waals surface area contributed by atoms with Gasteiger partial charge in [-0.15, -0.1) is 0 Å². The minimum atomic E-state index is -1.47. The predicted molar refractivity (Wildman–Crippen MR) is 135 cm³/mol. The maximum Gasteiger partial charge on any atom is 0.330 e. The third-order valence-corrected chi connectivity index (χ3v) is 8.46. The van der Waals surface area contributed by atoms with Gasteiger partial charge in [-0.2, -0.15) is 5.26 Å². The molecule has 35 heavy (non-hydrogen) atoms. The van der Waals surface area contributed by atoms with Crippen LogP contribution < -0.4 is 11.2 Å². The quantitative estimate of drug-likeness (QED) is 0.297. The van der Waals surface area contributed by atoms with E-state index in [2.05, 4.69) is 43.4 Å². The summed E-state index contributed by atoms with van der Waals surface area (Å²) >= 11 is 0. The molecule has 1 aliphatic rings. The number of aromatic nitrogens is 2. The van der Waals surface area contributed by atoms with Gasteiger partial charge >= 0.3 is 5.69 Å². The Labute approximate surface area is 208 Å². The van der Waals surface area contributed by atoms with Crippen molar-refractivity contribution in [1.29, 1.82) is 5.26 Å². The van der Waals surface area contributed by atoms with Crippen LogP contribution in [0.1, 0.15) is 53.2 Å². The van der Waals surface area contributed by atoms with Crippen molar-refractivity contribution in [1.82, 2.24) is 14.2 Å². The molecule has 1 saturated heterocycles. The molecule has 13 heteroatoms. The van der Waals surface area contributed by atoms with E-state index in [0.717, 1.165) is 0 Å². The van der Waals surface area contributed by atoms with Crippen molar-refractivity contribution >= 4 is 16.9 Å². The number of nitrogens with zero attached hydrogens (tertiary/aromatic N) is 3. The molecule has 0 aromatic carbocycles. The molecule has 0 bridgehead atoms. The lowest BCUT2D eigenvalue weighted by Gasteiger charge is -2.40. The molecule has 1 aromatic heterocycles. The van der Waals surface area contributed by atoms with Gasteiger partial charge in [-0.05, 0) is 33.5 Å². The first kappa shape index (κ1) is 29.8. The minimum Gasteiger partial charge on any atom is -0.350 e. The molecular weight excluding hydrogens is 494 g/mol. The Kier molecular flexibility index (Phi) is 12.7. The van der Waals surface area contributed by atoms with Crippen LogP contribution in [-0.4, -0.2) is 59.3 Å². The SMILES string of the molecule is COP(/C=C/C1CC(OP(OCCC#N)N(C(C)C)C(C)C)CC(n2ccc(=O)[nH]c2=O)O1)OC. The lowest BCUT2D eigenvalue weighted by Crippen LogP contribution is -2.41. The molecule has 0 radical (unpaired) electrons. The van der Waals surface area contributed by atoms with Crippen LogP contribution in [0.5, 0.6) is 0 Å². The van der Waals surface area contributed by atoms with E-state index in [-0.39, 0.29) is 31.2 Å². The molecule has 11 nitrogen and oxygen atoms in total. The van der Waals surface area contributed by atoms with Crippen molar-refractivity contribution < 1.29 is 22.8 Å². The zero-order valence-corrected chi connectivity index (χ0v) is 22.9. The van der Waals surface area contributed by atoms with Crippen LogP contribution in [0.3, 0.4) is 0 Å². The molecule has 4 atom stereocenters. The second-order valence-corrected chi connectivity index (χ2v) is 11.4. The Morgan fingerprint density at radius 2 is 1.94 bits per heavy atom. The van der Waals surface area contributed by atoms with Crippen LogP contribution in [0, 0.1) is 11.3 Å². The Hall–Kier alpha value is -1.47. The van der Waals surface area contributed by atoms with Gasteiger partial charge in [0.2, 0.25) is 0 Å². The first-order chi connectivity index (χ1) is 16.7. The average molecular weight is 530 g/mol. The first-order valence-corrected chi connectivity index (χ1v) is 13.9. The van der Waals surface area contributed by atoms with Crippen LogP contribution in [0.25, 0.3) is 0 Å². The van der Waals surface area contributed by atoms with E-state index in [0.29, 0.717) is 12.8 Å². The Morgan fingerprint density at radius 3 is 2.51 bits per heavy atom. The molecule has 0 amide bonds. The van der Waals surface area contributed by atoms with Crippen molar-refractivity contribution in [3.05, 3.63) is 45.0 Å². The van der Waals surface area contributed by atoms with Crippen LogP contribution >= 0.6 is 16.9 Å². The summed E-state index contributed by atoms with van der Waals surface area (Å²) in [5.74, 6) is 1.80. The molecule has 2 heterocycles. The second kappa shape index (κ2) is 14.9. The third-order valence-electron chi connectivity index (χ3n) is 5.14. The number of hydrogen-bond acceptors (Lipinski definition) is 9. The summed E-state index contributed by atoms with van der Waals surface area (Å²) in [5, 5.41) is 8.97. The van der Waals surface area contributed by atoms with E-state index < -0.39 is 40.5 Å².